The van der Waals surface area contributed by atoms with E-state index in [4.69, 9.17) is 4.74 Å². The number of nitrogens with zero attached hydrogens (tertiary/aromatic N) is 3. The third-order valence-corrected chi connectivity index (χ3v) is 5.65. The number of benzene rings is 1. The number of imidazole rings is 1. The molecule has 1 aliphatic rings. The molecule has 4 rings (SSSR count). The molecule has 27 heavy (non-hydrogen) atoms. The van der Waals surface area contributed by atoms with Gasteiger partial charge in [0.2, 0.25) is 5.78 Å². The lowest BCUT2D eigenvalue weighted by molar-refractivity contribution is -0.0767. The highest BCUT2D eigenvalue weighted by Crippen LogP contribution is 2.29. The standard InChI is InChI=1S/C21H23N3O2S/c1-15-13-23(14-16(2)26-15)19(17-7-4-3-5-8-17)20(25)21-22-10-11-24(21)18-9-6-12-27-18/h3-12,15-16,19H,13-14H2,1-2H3/t15?,16?,19-/m0/s1. The summed E-state index contributed by atoms with van der Waals surface area (Å²) >= 11 is 1.59. The molecule has 3 heterocycles. The fourth-order valence-corrected chi connectivity index (χ4v) is 4.50. The van der Waals surface area contributed by atoms with Crippen molar-refractivity contribution in [1.82, 2.24) is 14.5 Å². The molecule has 0 amide bonds. The number of carbonyl (C=O) groups excluding carboxylic acids is 1. The van der Waals surface area contributed by atoms with Gasteiger partial charge in [-0.05, 0) is 36.9 Å². The Morgan fingerprint density at radius 3 is 2.56 bits per heavy atom. The monoisotopic (exact) mass is 381 g/mol. The van der Waals surface area contributed by atoms with E-state index in [0.717, 1.165) is 23.7 Å². The van der Waals surface area contributed by atoms with Gasteiger partial charge in [0.05, 0.1) is 12.2 Å². The van der Waals surface area contributed by atoms with E-state index in [1.807, 2.05) is 58.6 Å². The Bertz CT molecular complexity index is 881. The first-order chi connectivity index (χ1) is 13.1. The van der Waals surface area contributed by atoms with Crippen LogP contribution < -0.4 is 0 Å². The fourth-order valence-electron chi connectivity index (χ4n) is 3.78. The molecule has 1 aromatic carbocycles. The van der Waals surface area contributed by atoms with Gasteiger partial charge in [0.25, 0.3) is 0 Å². The summed E-state index contributed by atoms with van der Waals surface area (Å²) in [7, 11) is 0. The Labute approximate surface area is 163 Å². The third-order valence-electron chi connectivity index (χ3n) is 4.78. The van der Waals surface area contributed by atoms with E-state index in [1.165, 1.54) is 0 Å². The van der Waals surface area contributed by atoms with Gasteiger partial charge in [0.1, 0.15) is 11.0 Å². The Morgan fingerprint density at radius 2 is 1.89 bits per heavy atom. The van der Waals surface area contributed by atoms with Gasteiger partial charge in [-0.2, -0.15) is 0 Å². The molecule has 2 aromatic heterocycles. The number of aromatic nitrogens is 2. The van der Waals surface area contributed by atoms with Crippen LogP contribution in [0.3, 0.4) is 0 Å². The molecule has 2 unspecified atom stereocenters. The van der Waals surface area contributed by atoms with Crippen molar-refractivity contribution in [1.29, 1.82) is 0 Å². The highest BCUT2D eigenvalue weighted by Gasteiger charge is 2.35. The number of hydrogen-bond donors (Lipinski definition) is 0. The predicted octanol–water partition coefficient (Wildman–Crippen LogP) is 3.97. The Balaban J connectivity index is 1.73. The number of morpholine rings is 1. The first-order valence-electron chi connectivity index (χ1n) is 9.19. The van der Waals surface area contributed by atoms with Gasteiger partial charge in [0.15, 0.2) is 5.82 Å². The first kappa shape index (κ1) is 18.1. The highest BCUT2D eigenvalue weighted by atomic mass is 32.1. The summed E-state index contributed by atoms with van der Waals surface area (Å²) in [6, 6.07) is 13.6. The number of ketones is 1. The van der Waals surface area contributed by atoms with E-state index in [0.29, 0.717) is 5.82 Å². The Hall–Kier alpha value is -2.28. The van der Waals surface area contributed by atoms with Crippen molar-refractivity contribution in [3.8, 4) is 5.00 Å². The molecule has 1 aliphatic heterocycles. The maximum atomic E-state index is 13.7. The minimum absolute atomic E-state index is 0.0147. The molecule has 0 N–H and O–H groups in total. The van der Waals surface area contributed by atoms with Crippen LogP contribution in [-0.2, 0) is 4.74 Å². The summed E-state index contributed by atoms with van der Waals surface area (Å²) in [6.07, 6.45) is 3.72. The van der Waals surface area contributed by atoms with E-state index in [2.05, 4.69) is 23.7 Å². The van der Waals surface area contributed by atoms with Gasteiger partial charge in [-0.25, -0.2) is 4.98 Å². The molecule has 0 radical (unpaired) electrons. The third kappa shape index (κ3) is 3.74. The van der Waals surface area contributed by atoms with Crippen molar-refractivity contribution in [2.24, 2.45) is 0 Å². The van der Waals surface area contributed by atoms with Crippen molar-refractivity contribution < 1.29 is 9.53 Å². The zero-order valence-corrected chi connectivity index (χ0v) is 16.3. The van der Waals surface area contributed by atoms with Gasteiger partial charge in [-0.15, -0.1) is 11.3 Å². The molecule has 0 saturated carbocycles. The molecule has 5 nitrogen and oxygen atoms in total. The number of rotatable bonds is 5. The average Bonchev–Trinajstić information content (AvgIpc) is 3.33. The normalized spacial score (nSPS) is 21.9. The van der Waals surface area contributed by atoms with Gasteiger partial charge in [-0.1, -0.05) is 30.3 Å². The minimum Gasteiger partial charge on any atom is -0.373 e. The molecule has 3 aromatic rings. The molecular formula is C21H23N3O2S. The van der Waals surface area contributed by atoms with Crippen molar-refractivity contribution >= 4 is 17.1 Å². The van der Waals surface area contributed by atoms with Crippen molar-refractivity contribution in [2.45, 2.75) is 32.1 Å². The highest BCUT2D eigenvalue weighted by molar-refractivity contribution is 7.12. The van der Waals surface area contributed by atoms with Crippen LogP contribution in [0.15, 0.2) is 60.2 Å². The van der Waals surface area contributed by atoms with Crippen molar-refractivity contribution in [3.63, 3.8) is 0 Å². The van der Waals surface area contributed by atoms with Gasteiger partial charge in [-0.3, -0.25) is 14.3 Å². The fraction of sp³-hybridized carbons (Fsp3) is 0.333. The van der Waals surface area contributed by atoms with E-state index < -0.39 is 0 Å². The average molecular weight is 382 g/mol. The Kier molecular flexibility index (Phi) is 5.20. The number of thiophene rings is 1. The van der Waals surface area contributed by atoms with Crippen molar-refractivity contribution in [3.05, 3.63) is 71.6 Å². The lowest BCUT2D eigenvalue weighted by Crippen LogP contribution is -2.49. The largest absolute Gasteiger partial charge is 0.373 e. The topological polar surface area (TPSA) is 47.4 Å². The van der Waals surface area contributed by atoms with Crippen LogP contribution in [0.1, 0.15) is 36.1 Å². The zero-order valence-electron chi connectivity index (χ0n) is 15.5. The summed E-state index contributed by atoms with van der Waals surface area (Å²) in [5, 5.41) is 3.00. The SMILES string of the molecule is CC1CN([C@H](C(=O)c2nccn2-c2cccs2)c2ccccc2)CC(C)O1. The second-order valence-corrected chi connectivity index (χ2v) is 7.89. The van der Waals surface area contributed by atoms with Gasteiger partial charge in [0, 0.05) is 25.5 Å². The van der Waals surface area contributed by atoms with Crippen LogP contribution in [-0.4, -0.2) is 45.5 Å². The van der Waals surface area contributed by atoms with Crippen LogP contribution in [0.4, 0.5) is 0 Å². The molecule has 0 bridgehead atoms. The van der Waals surface area contributed by atoms with Gasteiger partial charge >= 0.3 is 0 Å². The van der Waals surface area contributed by atoms with E-state index in [9.17, 15) is 4.79 Å². The summed E-state index contributed by atoms with van der Waals surface area (Å²) in [4.78, 5) is 20.3. The van der Waals surface area contributed by atoms with Crippen molar-refractivity contribution in [2.75, 3.05) is 13.1 Å². The predicted molar refractivity (Wildman–Crippen MR) is 107 cm³/mol. The maximum Gasteiger partial charge on any atom is 0.220 e. The van der Waals surface area contributed by atoms with Crippen LogP contribution in [0, 0.1) is 0 Å². The van der Waals surface area contributed by atoms with Crippen LogP contribution in [0.25, 0.3) is 5.00 Å². The van der Waals surface area contributed by atoms with Gasteiger partial charge < -0.3 is 4.74 Å². The molecule has 0 aliphatic carbocycles. The van der Waals surface area contributed by atoms with E-state index in [-0.39, 0.29) is 24.0 Å². The molecule has 1 saturated heterocycles. The summed E-state index contributed by atoms with van der Waals surface area (Å²) in [6.45, 7) is 5.55. The van der Waals surface area contributed by atoms with E-state index in [1.54, 1.807) is 17.5 Å². The molecule has 0 spiro atoms. The van der Waals surface area contributed by atoms with Crippen LogP contribution in [0.2, 0.25) is 0 Å². The van der Waals surface area contributed by atoms with Crippen LogP contribution in [0.5, 0.6) is 0 Å². The minimum atomic E-state index is -0.374. The molecule has 6 heteroatoms. The summed E-state index contributed by atoms with van der Waals surface area (Å²) < 4.78 is 7.77. The number of hydrogen-bond acceptors (Lipinski definition) is 5. The smallest absolute Gasteiger partial charge is 0.220 e. The zero-order chi connectivity index (χ0) is 18.8. The number of Topliss-reactive ketones (excluding diaryl/α,β-unsaturated/α-hetero) is 1. The first-order valence-corrected chi connectivity index (χ1v) is 10.1. The number of ether oxygens (including phenoxy) is 1. The van der Waals surface area contributed by atoms with Crippen LogP contribution >= 0.6 is 11.3 Å². The summed E-state index contributed by atoms with van der Waals surface area (Å²) in [5.74, 6) is 0.485. The van der Waals surface area contributed by atoms with E-state index >= 15 is 0 Å². The molecule has 140 valence electrons. The lowest BCUT2D eigenvalue weighted by Gasteiger charge is -2.39. The summed E-state index contributed by atoms with van der Waals surface area (Å²) in [5.41, 5.74) is 0.990. The quantitative estimate of drug-likeness (QED) is 0.628. The maximum absolute atomic E-state index is 13.7. The second kappa shape index (κ2) is 7.76. The lowest BCUT2D eigenvalue weighted by atomic mass is 9.98. The Morgan fingerprint density at radius 1 is 1.15 bits per heavy atom. The molecule has 1 fully saturated rings. The molecule has 3 atom stereocenters. The molecular weight excluding hydrogens is 358 g/mol. The number of carbonyl (C=O) groups is 1. The second-order valence-electron chi connectivity index (χ2n) is 6.96.